The molecule has 2 heterocycles. The fourth-order valence-electron chi connectivity index (χ4n) is 2.75. The number of nitrogens with two attached hydrogens (primary N) is 1. The molecule has 3 nitrogen and oxygen atoms in total. The summed E-state index contributed by atoms with van der Waals surface area (Å²) in [5.41, 5.74) is 5.98. The molecule has 0 bridgehead atoms. The maximum atomic E-state index is 5.98. The molecule has 0 aliphatic carbocycles. The molecule has 3 atom stereocenters. The summed E-state index contributed by atoms with van der Waals surface area (Å²) in [6, 6.07) is 11.4. The quantitative estimate of drug-likeness (QED) is 0.944. The van der Waals surface area contributed by atoms with Gasteiger partial charge < -0.3 is 10.5 Å². The van der Waals surface area contributed by atoms with Gasteiger partial charge in [0, 0.05) is 34.8 Å². The van der Waals surface area contributed by atoms with Crippen LogP contribution < -0.4 is 5.73 Å². The number of morpholine rings is 1. The molecule has 1 aromatic carbocycles. The van der Waals surface area contributed by atoms with E-state index in [1.165, 1.54) is 15.0 Å². The van der Waals surface area contributed by atoms with Crippen LogP contribution in [-0.4, -0.2) is 36.7 Å². The molecule has 1 fully saturated rings. The summed E-state index contributed by atoms with van der Waals surface area (Å²) in [5, 5.41) is 1.34. The van der Waals surface area contributed by atoms with Gasteiger partial charge in [-0.1, -0.05) is 18.2 Å². The Morgan fingerprint density at radius 2 is 2.15 bits per heavy atom. The van der Waals surface area contributed by atoms with E-state index in [-0.39, 0.29) is 12.1 Å². The van der Waals surface area contributed by atoms with Gasteiger partial charge in [-0.3, -0.25) is 4.90 Å². The second kappa shape index (κ2) is 5.82. The van der Waals surface area contributed by atoms with Crippen LogP contribution in [0.4, 0.5) is 0 Å². The molecule has 1 saturated heterocycles. The lowest BCUT2D eigenvalue weighted by Crippen LogP contribution is -2.50. The second-order valence-corrected chi connectivity index (χ2v) is 6.74. The summed E-state index contributed by atoms with van der Waals surface area (Å²) >= 11 is 1.89. The normalized spacial score (nSPS) is 23.9. The van der Waals surface area contributed by atoms with Crippen LogP contribution in [0.25, 0.3) is 10.1 Å². The number of hydrogen-bond acceptors (Lipinski definition) is 4. The van der Waals surface area contributed by atoms with Crippen molar-refractivity contribution in [3.8, 4) is 0 Å². The summed E-state index contributed by atoms with van der Waals surface area (Å²) in [6.45, 7) is 7.00. The molecule has 20 heavy (non-hydrogen) atoms. The van der Waals surface area contributed by atoms with Crippen molar-refractivity contribution in [2.45, 2.75) is 32.0 Å². The van der Waals surface area contributed by atoms with E-state index in [0.29, 0.717) is 6.04 Å². The first-order chi connectivity index (χ1) is 9.65. The monoisotopic (exact) mass is 290 g/mol. The van der Waals surface area contributed by atoms with Crippen LogP contribution in [0.5, 0.6) is 0 Å². The highest BCUT2D eigenvalue weighted by molar-refractivity contribution is 7.19. The van der Waals surface area contributed by atoms with Gasteiger partial charge in [0.2, 0.25) is 0 Å². The molecule has 1 aromatic heterocycles. The third-order valence-electron chi connectivity index (χ3n) is 4.12. The van der Waals surface area contributed by atoms with Gasteiger partial charge in [-0.2, -0.15) is 0 Å². The second-order valence-electron chi connectivity index (χ2n) is 5.63. The Morgan fingerprint density at radius 3 is 2.90 bits per heavy atom. The number of ether oxygens (including phenoxy) is 1. The highest BCUT2D eigenvalue weighted by atomic mass is 32.1. The van der Waals surface area contributed by atoms with Gasteiger partial charge in [-0.15, -0.1) is 11.3 Å². The Kier molecular flexibility index (Phi) is 4.08. The SMILES string of the molecule is CC(N)C1CN(C(C)c2cc3ccccc3s2)CCO1. The fourth-order valence-corrected chi connectivity index (χ4v) is 3.91. The van der Waals surface area contributed by atoms with E-state index in [4.69, 9.17) is 10.5 Å². The van der Waals surface area contributed by atoms with Crippen LogP contribution in [0.1, 0.15) is 24.8 Å². The smallest absolute Gasteiger partial charge is 0.0850 e. The van der Waals surface area contributed by atoms with Crippen molar-refractivity contribution in [2.75, 3.05) is 19.7 Å². The number of fused-ring (bicyclic) bond motifs is 1. The summed E-state index contributed by atoms with van der Waals surface area (Å²) in [5.74, 6) is 0. The van der Waals surface area contributed by atoms with Crippen molar-refractivity contribution < 1.29 is 4.74 Å². The summed E-state index contributed by atoms with van der Waals surface area (Å²) < 4.78 is 7.12. The Hall–Kier alpha value is -0.940. The lowest BCUT2D eigenvalue weighted by molar-refractivity contribution is -0.0494. The van der Waals surface area contributed by atoms with Crippen molar-refractivity contribution in [3.05, 3.63) is 35.2 Å². The van der Waals surface area contributed by atoms with E-state index in [9.17, 15) is 0 Å². The predicted molar refractivity (Wildman–Crippen MR) is 85.2 cm³/mol. The molecule has 0 saturated carbocycles. The molecule has 108 valence electrons. The van der Waals surface area contributed by atoms with E-state index in [2.05, 4.69) is 42.2 Å². The van der Waals surface area contributed by atoms with Gasteiger partial charge in [-0.25, -0.2) is 0 Å². The molecule has 0 spiro atoms. The summed E-state index contributed by atoms with van der Waals surface area (Å²) in [7, 11) is 0. The molecule has 0 radical (unpaired) electrons. The summed E-state index contributed by atoms with van der Waals surface area (Å²) in [4.78, 5) is 3.92. The van der Waals surface area contributed by atoms with Crippen molar-refractivity contribution in [1.29, 1.82) is 0 Å². The highest BCUT2D eigenvalue weighted by Crippen LogP contribution is 2.33. The zero-order chi connectivity index (χ0) is 14.1. The van der Waals surface area contributed by atoms with Crippen LogP contribution in [0.15, 0.2) is 30.3 Å². The Balaban J connectivity index is 1.79. The van der Waals surface area contributed by atoms with Crippen LogP contribution in [0, 0.1) is 0 Å². The summed E-state index contributed by atoms with van der Waals surface area (Å²) in [6.07, 6.45) is 0.153. The van der Waals surface area contributed by atoms with Crippen molar-refractivity contribution in [1.82, 2.24) is 4.90 Å². The fraction of sp³-hybridized carbons (Fsp3) is 0.500. The number of benzene rings is 1. The molecule has 1 aliphatic rings. The topological polar surface area (TPSA) is 38.5 Å². The molecule has 2 N–H and O–H groups in total. The van der Waals surface area contributed by atoms with Gasteiger partial charge in [0.15, 0.2) is 0 Å². The van der Waals surface area contributed by atoms with Crippen LogP contribution >= 0.6 is 11.3 Å². The van der Waals surface area contributed by atoms with Gasteiger partial charge in [0.1, 0.15) is 0 Å². The van der Waals surface area contributed by atoms with Crippen molar-refractivity contribution in [2.24, 2.45) is 5.73 Å². The molecule has 3 unspecified atom stereocenters. The lowest BCUT2D eigenvalue weighted by Gasteiger charge is -2.37. The van der Waals surface area contributed by atoms with Crippen LogP contribution in [-0.2, 0) is 4.74 Å². The third kappa shape index (κ3) is 2.74. The zero-order valence-electron chi connectivity index (χ0n) is 12.1. The lowest BCUT2D eigenvalue weighted by atomic mass is 10.1. The minimum atomic E-state index is 0.0902. The molecular formula is C16H22N2OS. The third-order valence-corrected chi connectivity index (χ3v) is 5.40. The van der Waals surface area contributed by atoms with Gasteiger partial charge in [0.25, 0.3) is 0 Å². The van der Waals surface area contributed by atoms with Gasteiger partial charge in [0.05, 0.1) is 12.7 Å². The first-order valence-electron chi connectivity index (χ1n) is 7.25. The number of thiophene rings is 1. The number of nitrogens with zero attached hydrogens (tertiary/aromatic N) is 1. The molecular weight excluding hydrogens is 268 g/mol. The average Bonchev–Trinajstić information content (AvgIpc) is 2.90. The zero-order valence-corrected chi connectivity index (χ0v) is 12.9. The van der Waals surface area contributed by atoms with Crippen molar-refractivity contribution in [3.63, 3.8) is 0 Å². The van der Waals surface area contributed by atoms with Crippen molar-refractivity contribution >= 4 is 21.4 Å². The maximum Gasteiger partial charge on any atom is 0.0850 e. The largest absolute Gasteiger partial charge is 0.374 e. The standard InChI is InChI=1S/C16H22N2OS/c1-11(17)14-10-18(7-8-19-14)12(2)16-9-13-5-3-4-6-15(13)20-16/h3-6,9,11-12,14H,7-8,10,17H2,1-2H3. The maximum absolute atomic E-state index is 5.98. The first-order valence-corrected chi connectivity index (χ1v) is 8.06. The minimum absolute atomic E-state index is 0.0902. The average molecular weight is 290 g/mol. The Morgan fingerprint density at radius 1 is 1.35 bits per heavy atom. The van der Waals surface area contributed by atoms with E-state index < -0.39 is 0 Å². The number of rotatable bonds is 3. The molecule has 4 heteroatoms. The first kappa shape index (κ1) is 14.0. The van der Waals surface area contributed by atoms with Crippen LogP contribution in [0.3, 0.4) is 0 Å². The van der Waals surface area contributed by atoms with E-state index >= 15 is 0 Å². The van der Waals surface area contributed by atoms with E-state index in [0.717, 1.165) is 19.7 Å². The van der Waals surface area contributed by atoms with Gasteiger partial charge in [-0.05, 0) is 31.4 Å². The number of hydrogen-bond donors (Lipinski definition) is 1. The minimum Gasteiger partial charge on any atom is -0.374 e. The molecule has 3 rings (SSSR count). The van der Waals surface area contributed by atoms with E-state index in [1.807, 2.05) is 18.3 Å². The molecule has 0 amide bonds. The highest BCUT2D eigenvalue weighted by Gasteiger charge is 2.27. The van der Waals surface area contributed by atoms with E-state index in [1.54, 1.807) is 0 Å². The van der Waals surface area contributed by atoms with Crippen LogP contribution in [0.2, 0.25) is 0 Å². The molecule has 1 aliphatic heterocycles. The Bertz CT molecular complexity index is 548. The predicted octanol–water partition coefficient (Wildman–Crippen LogP) is 3.01. The Labute approximate surface area is 124 Å². The molecule has 2 aromatic rings. The van der Waals surface area contributed by atoms with Gasteiger partial charge >= 0.3 is 0 Å².